The second-order valence-corrected chi connectivity index (χ2v) is 4.73. The van der Waals surface area contributed by atoms with Gasteiger partial charge in [-0.15, -0.1) is 11.3 Å². The molecule has 2 rings (SSSR count). The zero-order valence-electron chi connectivity index (χ0n) is 8.91. The quantitative estimate of drug-likeness (QED) is 0.727. The molecule has 0 N–H and O–H groups in total. The Morgan fingerprint density at radius 1 is 1.53 bits per heavy atom. The molecule has 0 saturated carbocycles. The Kier molecular flexibility index (Phi) is 3.07. The lowest BCUT2D eigenvalue weighted by Gasteiger charge is -2.20. The van der Waals surface area contributed by atoms with Crippen LogP contribution in [0, 0.1) is 0 Å². The van der Waals surface area contributed by atoms with Crippen molar-refractivity contribution in [3.05, 3.63) is 21.4 Å². The van der Waals surface area contributed by atoms with E-state index in [2.05, 4.69) is 0 Å². The minimum Gasteiger partial charge on any atom is -0.465 e. The molecule has 0 aromatic carbocycles. The third kappa shape index (κ3) is 1.92. The number of thiophene rings is 1. The molecule has 1 aromatic rings. The highest BCUT2D eigenvalue weighted by molar-refractivity contribution is 7.14. The second-order valence-electron chi connectivity index (χ2n) is 3.60. The molecule has 1 unspecified atom stereocenters. The summed E-state index contributed by atoms with van der Waals surface area (Å²) in [7, 11) is 3.13. The van der Waals surface area contributed by atoms with E-state index in [1.165, 1.54) is 28.9 Å². The van der Waals surface area contributed by atoms with Crippen LogP contribution >= 0.6 is 11.3 Å². The molecule has 0 bridgehead atoms. The first kappa shape index (κ1) is 10.6. The standard InChI is InChI=1S/C11H14O3S/c1-13-8-4-3-5-9-7(8)6-10(15-9)11(12)14-2/h6,8H,3-5H2,1-2H3. The molecular formula is C11H14O3S. The van der Waals surface area contributed by atoms with Crippen molar-refractivity contribution in [3.63, 3.8) is 0 Å². The minimum atomic E-state index is -0.246. The van der Waals surface area contributed by atoms with Crippen LogP contribution in [-0.4, -0.2) is 20.2 Å². The van der Waals surface area contributed by atoms with Gasteiger partial charge in [-0.2, -0.15) is 0 Å². The smallest absolute Gasteiger partial charge is 0.348 e. The average Bonchev–Trinajstić information content (AvgIpc) is 2.71. The molecule has 1 aromatic heterocycles. The fraction of sp³-hybridized carbons (Fsp3) is 0.545. The lowest BCUT2D eigenvalue weighted by atomic mass is 9.96. The normalized spacial score (nSPS) is 19.7. The van der Waals surface area contributed by atoms with E-state index in [9.17, 15) is 4.79 Å². The van der Waals surface area contributed by atoms with Gasteiger partial charge in [-0.05, 0) is 30.9 Å². The number of carbonyl (C=O) groups excluding carboxylic acids is 1. The molecule has 0 amide bonds. The zero-order chi connectivity index (χ0) is 10.8. The Morgan fingerprint density at radius 2 is 2.33 bits per heavy atom. The van der Waals surface area contributed by atoms with Gasteiger partial charge in [0.05, 0.1) is 13.2 Å². The van der Waals surface area contributed by atoms with Gasteiger partial charge in [-0.1, -0.05) is 0 Å². The van der Waals surface area contributed by atoms with E-state index in [1.807, 2.05) is 6.07 Å². The highest BCUT2D eigenvalue weighted by Crippen LogP contribution is 2.37. The topological polar surface area (TPSA) is 35.5 Å². The Hall–Kier alpha value is -0.870. The van der Waals surface area contributed by atoms with Gasteiger partial charge in [0.1, 0.15) is 4.88 Å². The molecule has 4 heteroatoms. The van der Waals surface area contributed by atoms with Crippen LogP contribution in [0.4, 0.5) is 0 Å². The third-order valence-electron chi connectivity index (χ3n) is 2.73. The molecule has 0 radical (unpaired) electrons. The number of aryl methyl sites for hydroxylation is 1. The van der Waals surface area contributed by atoms with Crippen molar-refractivity contribution in [2.24, 2.45) is 0 Å². The summed E-state index contributed by atoms with van der Waals surface area (Å²) in [5.74, 6) is -0.246. The maximum Gasteiger partial charge on any atom is 0.348 e. The Bertz CT molecular complexity index is 370. The number of esters is 1. The maximum absolute atomic E-state index is 11.4. The summed E-state index contributed by atoms with van der Waals surface area (Å²) in [6, 6.07) is 1.92. The summed E-state index contributed by atoms with van der Waals surface area (Å²) in [4.78, 5) is 13.3. The molecule has 1 heterocycles. The molecular weight excluding hydrogens is 212 g/mol. The van der Waals surface area contributed by atoms with Crippen LogP contribution in [0.2, 0.25) is 0 Å². The van der Waals surface area contributed by atoms with Crippen molar-refractivity contribution in [1.29, 1.82) is 0 Å². The van der Waals surface area contributed by atoms with Gasteiger partial charge >= 0.3 is 5.97 Å². The number of methoxy groups -OCH3 is 2. The van der Waals surface area contributed by atoms with Crippen LogP contribution in [0.15, 0.2) is 6.07 Å². The number of carbonyl (C=O) groups is 1. The summed E-state index contributed by atoms with van der Waals surface area (Å²) in [6.45, 7) is 0. The van der Waals surface area contributed by atoms with Crippen molar-refractivity contribution in [2.45, 2.75) is 25.4 Å². The van der Waals surface area contributed by atoms with Gasteiger partial charge in [0.15, 0.2) is 0 Å². The summed E-state index contributed by atoms with van der Waals surface area (Å²) in [5.41, 5.74) is 1.18. The predicted octanol–water partition coefficient (Wildman–Crippen LogP) is 2.56. The number of ether oxygens (including phenoxy) is 2. The molecule has 0 spiro atoms. The van der Waals surface area contributed by atoms with Gasteiger partial charge in [0.2, 0.25) is 0 Å². The fourth-order valence-electron chi connectivity index (χ4n) is 1.96. The molecule has 82 valence electrons. The minimum absolute atomic E-state index is 0.156. The monoisotopic (exact) mass is 226 g/mol. The lowest BCUT2D eigenvalue weighted by molar-refractivity contribution is 0.0605. The Balaban J connectivity index is 2.33. The van der Waals surface area contributed by atoms with Crippen LogP contribution in [-0.2, 0) is 15.9 Å². The average molecular weight is 226 g/mol. The van der Waals surface area contributed by atoms with Crippen molar-refractivity contribution in [2.75, 3.05) is 14.2 Å². The predicted molar refractivity (Wildman–Crippen MR) is 58.3 cm³/mol. The first-order chi connectivity index (χ1) is 7.26. The highest BCUT2D eigenvalue weighted by atomic mass is 32.1. The van der Waals surface area contributed by atoms with Crippen LogP contribution < -0.4 is 0 Å². The van der Waals surface area contributed by atoms with Crippen molar-refractivity contribution < 1.29 is 14.3 Å². The van der Waals surface area contributed by atoms with Gasteiger partial charge < -0.3 is 9.47 Å². The molecule has 0 aliphatic heterocycles. The van der Waals surface area contributed by atoms with E-state index in [4.69, 9.17) is 9.47 Å². The number of rotatable bonds is 2. The lowest BCUT2D eigenvalue weighted by Crippen LogP contribution is -2.08. The van der Waals surface area contributed by atoms with Gasteiger partial charge in [-0.3, -0.25) is 0 Å². The maximum atomic E-state index is 11.4. The van der Waals surface area contributed by atoms with E-state index < -0.39 is 0 Å². The van der Waals surface area contributed by atoms with Crippen molar-refractivity contribution >= 4 is 17.3 Å². The molecule has 1 aliphatic carbocycles. The van der Waals surface area contributed by atoms with E-state index >= 15 is 0 Å². The first-order valence-corrected chi connectivity index (χ1v) is 5.81. The molecule has 0 saturated heterocycles. The van der Waals surface area contributed by atoms with E-state index in [0.717, 1.165) is 19.3 Å². The summed E-state index contributed by atoms with van der Waals surface area (Å²) < 4.78 is 10.1. The summed E-state index contributed by atoms with van der Waals surface area (Å²) >= 11 is 1.53. The van der Waals surface area contributed by atoms with Crippen molar-refractivity contribution in [3.8, 4) is 0 Å². The van der Waals surface area contributed by atoms with Gasteiger partial charge in [0.25, 0.3) is 0 Å². The van der Waals surface area contributed by atoms with Crippen LogP contribution in [0.25, 0.3) is 0 Å². The Labute approximate surface area is 93.0 Å². The van der Waals surface area contributed by atoms with E-state index in [0.29, 0.717) is 4.88 Å². The SMILES string of the molecule is COC(=O)c1cc2c(s1)CCCC2OC. The summed E-state index contributed by atoms with van der Waals surface area (Å²) in [5, 5.41) is 0. The van der Waals surface area contributed by atoms with Crippen molar-refractivity contribution in [1.82, 2.24) is 0 Å². The number of hydrogen-bond donors (Lipinski definition) is 0. The second kappa shape index (κ2) is 4.33. The first-order valence-electron chi connectivity index (χ1n) is 5.00. The number of hydrogen-bond acceptors (Lipinski definition) is 4. The molecule has 1 aliphatic rings. The Morgan fingerprint density at radius 3 is 3.00 bits per heavy atom. The largest absolute Gasteiger partial charge is 0.465 e. The fourth-order valence-corrected chi connectivity index (χ4v) is 3.13. The van der Waals surface area contributed by atoms with Gasteiger partial charge in [-0.25, -0.2) is 4.79 Å². The highest BCUT2D eigenvalue weighted by Gasteiger charge is 2.24. The molecule has 1 atom stereocenters. The number of fused-ring (bicyclic) bond motifs is 1. The third-order valence-corrected chi connectivity index (χ3v) is 3.92. The van der Waals surface area contributed by atoms with Crippen LogP contribution in [0.5, 0.6) is 0 Å². The molecule has 3 nitrogen and oxygen atoms in total. The molecule has 0 fully saturated rings. The van der Waals surface area contributed by atoms with E-state index in [-0.39, 0.29) is 12.1 Å². The van der Waals surface area contributed by atoms with E-state index in [1.54, 1.807) is 7.11 Å². The summed E-state index contributed by atoms with van der Waals surface area (Å²) in [6.07, 6.45) is 3.38. The van der Waals surface area contributed by atoms with Crippen LogP contribution in [0.1, 0.15) is 39.1 Å². The molecule has 15 heavy (non-hydrogen) atoms. The van der Waals surface area contributed by atoms with Gasteiger partial charge in [0, 0.05) is 12.0 Å². The zero-order valence-corrected chi connectivity index (χ0v) is 9.73. The van der Waals surface area contributed by atoms with Crippen LogP contribution in [0.3, 0.4) is 0 Å².